The molecule has 5 nitrogen and oxygen atoms in total. The van der Waals surface area contributed by atoms with E-state index in [1.54, 1.807) is 19.2 Å². The number of nitrogens with two attached hydrogens (primary N) is 1. The molecule has 1 atom stereocenters. The van der Waals surface area contributed by atoms with Gasteiger partial charge in [-0.25, -0.2) is 0 Å². The molecule has 2 aromatic carbocycles. The fourth-order valence-electron chi connectivity index (χ4n) is 3.19. The number of para-hydroxylation sites is 1. The van der Waals surface area contributed by atoms with Gasteiger partial charge in [-0.1, -0.05) is 30.3 Å². The van der Waals surface area contributed by atoms with Crippen LogP contribution in [0.15, 0.2) is 72.5 Å². The first-order valence-corrected chi connectivity index (χ1v) is 10.6. The van der Waals surface area contributed by atoms with E-state index < -0.39 is 10.0 Å². The molecule has 0 bridgehead atoms. The fourth-order valence-corrected chi connectivity index (χ4v) is 4.69. The summed E-state index contributed by atoms with van der Waals surface area (Å²) in [6.45, 7) is 4.25. The number of hydrogen-bond donors (Lipinski definition) is 1. The Hall–Kier alpha value is -2.41. The SMILES string of the molecule is CCS(=O)(=O)[N+]1(c2cccc(Oc3ccccc3C)c2)C=C(CN)C=CC1. The molecule has 0 fully saturated rings. The number of nitrogens with zero attached hydrogens (tertiary/aromatic N) is 1. The average molecular weight is 386 g/mol. The highest BCUT2D eigenvalue weighted by atomic mass is 32.2. The van der Waals surface area contributed by atoms with Crippen LogP contribution in [0, 0.1) is 6.92 Å². The van der Waals surface area contributed by atoms with E-state index in [0.717, 1.165) is 16.9 Å². The van der Waals surface area contributed by atoms with Gasteiger partial charge in [0.2, 0.25) is 0 Å². The maximum Gasteiger partial charge on any atom is 0.306 e. The van der Waals surface area contributed by atoms with Gasteiger partial charge in [-0.05, 0) is 37.6 Å². The van der Waals surface area contributed by atoms with E-state index in [4.69, 9.17) is 10.5 Å². The molecule has 1 aliphatic heterocycles. The van der Waals surface area contributed by atoms with Crippen molar-refractivity contribution < 1.29 is 13.2 Å². The molecule has 0 radical (unpaired) electrons. The maximum atomic E-state index is 13.1. The summed E-state index contributed by atoms with van der Waals surface area (Å²) in [7, 11) is -3.48. The number of sulfonamides is 1. The number of ether oxygens (including phenoxy) is 1. The van der Waals surface area contributed by atoms with Gasteiger partial charge < -0.3 is 10.5 Å². The third kappa shape index (κ3) is 3.69. The van der Waals surface area contributed by atoms with Crippen molar-refractivity contribution in [3.63, 3.8) is 0 Å². The molecule has 142 valence electrons. The van der Waals surface area contributed by atoms with Gasteiger partial charge in [0.1, 0.15) is 24.2 Å². The summed E-state index contributed by atoms with van der Waals surface area (Å²) >= 11 is 0. The van der Waals surface area contributed by atoms with Crippen LogP contribution < -0.4 is 14.4 Å². The molecule has 2 N–H and O–H groups in total. The van der Waals surface area contributed by atoms with Gasteiger partial charge in [0.25, 0.3) is 0 Å². The summed E-state index contributed by atoms with van der Waals surface area (Å²) < 4.78 is 31.9. The number of quaternary nitrogens is 1. The Bertz CT molecular complexity index is 996. The van der Waals surface area contributed by atoms with Gasteiger partial charge in [0.15, 0.2) is 5.69 Å². The lowest BCUT2D eigenvalue weighted by molar-refractivity contribution is 0.475. The second kappa shape index (κ2) is 7.68. The third-order valence-corrected chi connectivity index (χ3v) is 6.94. The van der Waals surface area contributed by atoms with Crippen molar-refractivity contribution in [3.8, 4) is 11.5 Å². The number of aryl methyl sites for hydroxylation is 1. The van der Waals surface area contributed by atoms with Crippen molar-refractivity contribution >= 4 is 15.7 Å². The zero-order chi connectivity index (χ0) is 19.5. The summed E-state index contributed by atoms with van der Waals surface area (Å²) in [5.74, 6) is 1.37. The predicted molar refractivity (Wildman–Crippen MR) is 110 cm³/mol. The maximum absolute atomic E-state index is 13.1. The summed E-state index contributed by atoms with van der Waals surface area (Å²) in [6.07, 6.45) is 5.49. The standard InChI is InChI=1S/C21H25N2O3S/c1-3-27(24,25)23(13-7-9-18(15-22)16-23)19-10-6-11-20(14-19)26-21-12-5-4-8-17(21)2/h4-12,14,16H,3,13,15,22H2,1-2H3/q+1. The molecular formula is C21H25N2O3S+. The molecule has 1 heterocycles. The third-order valence-electron chi connectivity index (χ3n) is 4.76. The number of hydrogen-bond acceptors (Lipinski definition) is 4. The van der Waals surface area contributed by atoms with Crippen LogP contribution in [0.2, 0.25) is 0 Å². The molecule has 6 heteroatoms. The zero-order valence-electron chi connectivity index (χ0n) is 15.6. The zero-order valence-corrected chi connectivity index (χ0v) is 16.4. The minimum absolute atomic E-state index is 0.0259. The minimum Gasteiger partial charge on any atom is -0.457 e. The lowest BCUT2D eigenvalue weighted by Gasteiger charge is -2.34. The molecule has 27 heavy (non-hydrogen) atoms. The van der Waals surface area contributed by atoms with E-state index in [9.17, 15) is 8.42 Å². The topological polar surface area (TPSA) is 69.4 Å². The van der Waals surface area contributed by atoms with Crippen LogP contribution >= 0.6 is 0 Å². The molecule has 1 unspecified atom stereocenters. The van der Waals surface area contributed by atoms with Crippen molar-refractivity contribution in [2.75, 3.05) is 18.8 Å². The lowest BCUT2D eigenvalue weighted by Crippen LogP contribution is -2.51. The Kier molecular flexibility index (Phi) is 5.51. The van der Waals surface area contributed by atoms with Gasteiger partial charge in [-0.15, -0.1) is 0 Å². The first-order valence-electron chi connectivity index (χ1n) is 8.95. The Balaban J connectivity index is 2.08. The summed E-state index contributed by atoms with van der Waals surface area (Å²) in [5.41, 5.74) is 8.23. The Morgan fingerprint density at radius 1 is 1.15 bits per heavy atom. The molecule has 0 spiro atoms. The van der Waals surface area contributed by atoms with Crippen LogP contribution in [0.4, 0.5) is 5.69 Å². The van der Waals surface area contributed by atoms with Gasteiger partial charge >= 0.3 is 10.0 Å². The lowest BCUT2D eigenvalue weighted by atomic mass is 10.2. The van der Waals surface area contributed by atoms with Crippen molar-refractivity contribution in [1.29, 1.82) is 0 Å². The molecule has 0 aliphatic carbocycles. The fraction of sp³-hybridized carbons (Fsp3) is 0.238. The van der Waals surface area contributed by atoms with E-state index in [2.05, 4.69) is 0 Å². The van der Waals surface area contributed by atoms with Crippen LogP contribution in [0.5, 0.6) is 11.5 Å². The molecule has 0 saturated carbocycles. The highest BCUT2D eigenvalue weighted by Crippen LogP contribution is 2.36. The molecule has 1 aliphatic rings. The normalized spacial score (nSPS) is 19.6. The van der Waals surface area contributed by atoms with Crippen LogP contribution in [0.3, 0.4) is 0 Å². The average Bonchev–Trinajstić information content (AvgIpc) is 2.70. The van der Waals surface area contributed by atoms with Crippen LogP contribution in [0.25, 0.3) is 0 Å². The van der Waals surface area contributed by atoms with E-state index in [-0.39, 0.29) is 16.2 Å². The van der Waals surface area contributed by atoms with Crippen molar-refractivity contribution in [3.05, 3.63) is 78.0 Å². The van der Waals surface area contributed by atoms with Crippen molar-refractivity contribution in [1.82, 2.24) is 3.89 Å². The second-order valence-corrected chi connectivity index (χ2v) is 8.92. The van der Waals surface area contributed by atoms with Gasteiger partial charge in [-0.2, -0.15) is 12.3 Å². The van der Waals surface area contributed by atoms with Crippen LogP contribution in [-0.2, 0) is 10.0 Å². The van der Waals surface area contributed by atoms with Crippen LogP contribution in [0.1, 0.15) is 12.5 Å². The Labute approximate surface area is 161 Å². The first-order chi connectivity index (χ1) is 12.9. The monoisotopic (exact) mass is 385 g/mol. The number of rotatable bonds is 6. The van der Waals surface area contributed by atoms with Crippen LogP contribution in [-0.4, -0.2) is 27.3 Å². The quantitative estimate of drug-likeness (QED) is 0.767. The molecule has 0 aromatic heterocycles. The second-order valence-electron chi connectivity index (χ2n) is 6.52. The van der Waals surface area contributed by atoms with E-state index >= 15 is 0 Å². The highest BCUT2D eigenvalue weighted by molar-refractivity contribution is 7.91. The molecule has 0 saturated heterocycles. The molecule has 0 amide bonds. The number of benzene rings is 2. The highest BCUT2D eigenvalue weighted by Gasteiger charge is 2.42. The summed E-state index contributed by atoms with van der Waals surface area (Å²) in [4.78, 5) is 0. The van der Waals surface area contributed by atoms with Gasteiger partial charge in [0, 0.05) is 24.3 Å². The Morgan fingerprint density at radius 2 is 1.93 bits per heavy atom. The van der Waals surface area contributed by atoms with Crippen molar-refractivity contribution in [2.24, 2.45) is 5.73 Å². The van der Waals surface area contributed by atoms with Gasteiger partial charge in [0.05, 0.1) is 5.75 Å². The smallest absolute Gasteiger partial charge is 0.306 e. The molecular weight excluding hydrogens is 360 g/mol. The predicted octanol–water partition coefficient (Wildman–Crippen LogP) is 3.86. The summed E-state index contributed by atoms with van der Waals surface area (Å²) in [5, 5.41) is 0. The van der Waals surface area contributed by atoms with E-state index in [1.165, 1.54) is 0 Å². The molecule has 3 rings (SSSR count). The first kappa shape index (κ1) is 19.4. The largest absolute Gasteiger partial charge is 0.457 e. The van der Waals surface area contributed by atoms with E-state index in [0.29, 0.717) is 18.0 Å². The van der Waals surface area contributed by atoms with Crippen molar-refractivity contribution in [2.45, 2.75) is 13.8 Å². The summed E-state index contributed by atoms with van der Waals surface area (Å²) in [6, 6.07) is 15.0. The Morgan fingerprint density at radius 3 is 2.63 bits per heavy atom. The molecule has 2 aromatic rings. The van der Waals surface area contributed by atoms with Gasteiger partial charge in [-0.3, -0.25) is 0 Å². The minimum atomic E-state index is -3.48. The van der Waals surface area contributed by atoms with E-state index in [1.807, 2.05) is 61.5 Å².